The Morgan fingerprint density at radius 2 is 1.83 bits per heavy atom. The first-order valence-electron chi connectivity index (χ1n) is 15.5. The van der Waals surface area contributed by atoms with Gasteiger partial charge in [0.25, 0.3) is 5.91 Å². The topological polar surface area (TPSA) is 141 Å². The van der Waals surface area contributed by atoms with Crippen molar-refractivity contribution in [2.45, 2.75) is 39.9 Å². The van der Waals surface area contributed by atoms with Gasteiger partial charge in [0.1, 0.15) is 17.0 Å². The van der Waals surface area contributed by atoms with E-state index in [2.05, 4.69) is 50.6 Å². The molecule has 12 nitrogen and oxygen atoms in total. The predicted octanol–water partition coefficient (Wildman–Crippen LogP) is 3.81. The molecule has 238 valence electrons. The van der Waals surface area contributed by atoms with Gasteiger partial charge in [0, 0.05) is 44.8 Å². The number of benzene rings is 3. The number of hydrogen-bond donors (Lipinski definition) is 2. The van der Waals surface area contributed by atoms with Gasteiger partial charge in [-0.2, -0.15) is 5.10 Å². The predicted molar refractivity (Wildman–Crippen MR) is 176 cm³/mol. The molecule has 0 unspecified atom stereocenters. The Kier molecular flexibility index (Phi) is 8.71. The van der Waals surface area contributed by atoms with Crippen molar-refractivity contribution >= 4 is 45.5 Å². The van der Waals surface area contributed by atoms with Crippen molar-refractivity contribution in [1.82, 2.24) is 29.1 Å². The summed E-state index contributed by atoms with van der Waals surface area (Å²) < 4.78 is 9.16. The van der Waals surface area contributed by atoms with Crippen molar-refractivity contribution in [3.05, 3.63) is 83.2 Å². The maximum Gasteiger partial charge on any atom is 0.276 e. The first kappa shape index (κ1) is 30.8. The Balaban J connectivity index is 1.16. The van der Waals surface area contributed by atoms with Gasteiger partial charge < -0.3 is 19.9 Å². The summed E-state index contributed by atoms with van der Waals surface area (Å²) in [6.07, 6.45) is 0.680. The molecule has 6 rings (SSSR count). The number of primary amides is 1. The Hall–Kier alpha value is -5.23. The zero-order valence-electron chi connectivity index (χ0n) is 26.3. The van der Waals surface area contributed by atoms with Crippen LogP contribution in [-0.4, -0.2) is 80.1 Å². The summed E-state index contributed by atoms with van der Waals surface area (Å²) in [6.45, 7) is 7.79. The van der Waals surface area contributed by atoms with E-state index in [9.17, 15) is 14.4 Å². The number of aromatic nitrogens is 4. The number of amides is 3. The van der Waals surface area contributed by atoms with E-state index < -0.39 is 5.91 Å². The summed E-state index contributed by atoms with van der Waals surface area (Å²) in [4.78, 5) is 47.3. The lowest BCUT2D eigenvalue weighted by atomic mass is 10.1. The lowest BCUT2D eigenvalue weighted by Crippen LogP contribution is -2.50. The van der Waals surface area contributed by atoms with Crippen LogP contribution in [0.15, 0.2) is 60.7 Å². The highest BCUT2D eigenvalue weighted by molar-refractivity contribution is 6.04. The fourth-order valence-electron chi connectivity index (χ4n) is 6.10. The second-order valence-corrected chi connectivity index (χ2v) is 11.6. The number of aryl methyl sites for hydroxylation is 3. The van der Waals surface area contributed by atoms with E-state index in [1.165, 1.54) is 17.9 Å². The van der Waals surface area contributed by atoms with E-state index in [0.717, 1.165) is 17.8 Å². The number of fused-ring (bicyclic) bond motifs is 2. The van der Waals surface area contributed by atoms with Crippen LogP contribution in [0.1, 0.15) is 45.4 Å². The van der Waals surface area contributed by atoms with Crippen LogP contribution in [0.25, 0.3) is 21.8 Å². The molecule has 1 fully saturated rings. The molecule has 1 aliphatic heterocycles. The number of rotatable bonds is 11. The van der Waals surface area contributed by atoms with Crippen molar-refractivity contribution in [3.63, 3.8) is 0 Å². The summed E-state index contributed by atoms with van der Waals surface area (Å²) in [5, 5.41) is 9.68. The highest BCUT2D eigenvalue weighted by Crippen LogP contribution is 2.31. The molecule has 0 saturated carbocycles. The van der Waals surface area contributed by atoms with Crippen molar-refractivity contribution in [2.75, 3.05) is 38.6 Å². The molecule has 0 radical (unpaired) electrons. The van der Waals surface area contributed by atoms with Crippen LogP contribution in [0.4, 0.5) is 5.95 Å². The third kappa shape index (κ3) is 6.29. The maximum absolute atomic E-state index is 13.4. The van der Waals surface area contributed by atoms with Crippen LogP contribution in [0.2, 0.25) is 0 Å². The molecule has 3 heterocycles. The standard InChI is InChI=1S/C34H38N8O4/c1-4-42-28(16-22(2)38-42)33(45)37-34-36-27-18-26(32(35)44)19-29(46-3)31(27)41(34)13-7-12-39-14-15-40(30(43)21-39)20-23-10-11-24-8-5-6-9-25(24)17-23/h5-6,8-11,16-19H,4,7,12-15,20-21H2,1-3H3,(H2,35,44)(H,36,37,45). The second-order valence-electron chi connectivity index (χ2n) is 11.6. The molecule has 46 heavy (non-hydrogen) atoms. The number of nitrogens with zero attached hydrogens (tertiary/aromatic N) is 6. The summed E-state index contributed by atoms with van der Waals surface area (Å²) in [6, 6.07) is 19.5. The smallest absolute Gasteiger partial charge is 0.276 e. The van der Waals surface area contributed by atoms with Gasteiger partial charge >= 0.3 is 0 Å². The van der Waals surface area contributed by atoms with E-state index in [4.69, 9.17) is 10.5 Å². The Morgan fingerprint density at radius 3 is 2.57 bits per heavy atom. The summed E-state index contributed by atoms with van der Waals surface area (Å²) in [5.74, 6) is -0.110. The van der Waals surface area contributed by atoms with Crippen molar-refractivity contribution < 1.29 is 19.1 Å². The van der Waals surface area contributed by atoms with E-state index in [1.54, 1.807) is 22.9 Å². The normalized spacial score (nSPS) is 13.9. The number of piperazine rings is 1. The highest BCUT2D eigenvalue weighted by Gasteiger charge is 2.25. The number of carbonyl (C=O) groups is 3. The summed E-state index contributed by atoms with van der Waals surface area (Å²) in [5.41, 5.74) is 9.21. The number of hydrogen-bond acceptors (Lipinski definition) is 7. The van der Waals surface area contributed by atoms with Gasteiger partial charge in [-0.3, -0.25) is 29.3 Å². The first-order valence-corrected chi connectivity index (χ1v) is 15.5. The fraction of sp³-hybridized carbons (Fsp3) is 0.324. The molecule has 12 heteroatoms. The average Bonchev–Trinajstić information content (AvgIpc) is 3.61. The summed E-state index contributed by atoms with van der Waals surface area (Å²) >= 11 is 0. The monoisotopic (exact) mass is 622 g/mol. The second kappa shape index (κ2) is 13.0. The van der Waals surface area contributed by atoms with E-state index in [1.807, 2.05) is 35.4 Å². The molecule has 0 aliphatic carbocycles. The number of nitrogens with two attached hydrogens (primary N) is 1. The van der Waals surface area contributed by atoms with E-state index in [0.29, 0.717) is 74.1 Å². The Labute approximate surface area is 266 Å². The molecule has 3 amide bonds. The molecule has 0 spiro atoms. The van der Waals surface area contributed by atoms with Crippen LogP contribution >= 0.6 is 0 Å². The zero-order valence-corrected chi connectivity index (χ0v) is 26.3. The van der Waals surface area contributed by atoms with Gasteiger partial charge in [-0.1, -0.05) is 36.4 Å². The first-order chi connectivity index (χ1) is 22.2. The fourth-order valence-corrected chi connectivity index (χ4v) is 6.10. The minimum atomic E-state index is -0.605. The van der Waals surface area contributed by atoms with Gasteiger partial charge in [0.15, 0.2) is 0 Å². The van der Waals surface area contributed by atoms with Gasteiger partial charge in [-0.05, 0) is 60.9 Å². The van der Waals surface area contributed by atoms with Crippen LogP contribution in [0.5, 0.6) is 5.75 Å². The molecular weight excluding hydrogens is 584 g/mol. The minimum Gasteiger partial charge on any atom is -0.494 e. The largest absolute Gasteiger partial charge is 0.494 e. The van der Waals surface area contributed by atoms with Crippen LogP contribution in [0, 0.1) is 6.92 Å². The van der Waals surface area contributed by atoms with Crippen LogP contribution in [0.3, 0.4) is 0 Å². The number of carbonyl (C=O) groups excluding carboxylic acids is 3. The highest BCUT2D eigenvalue weighted by atomic mass is 16.5. The number of imidazole rings is 1. The Morgan fingerprint density at radius 1 is 1.02 bits per heavy atom. The van der Waals surface area contributed by atoms with Gasteiger partial charge in [-0.15, -0.1) is 0 Å². The van der Waals surface area contributed by atoms with Crippen molar-refractivity contribution in [3.8, 4) is 5.75 Å². The molecule has 3 aromatic carbocycles. The quantitative estimate of drug-likeness (QED) is 0.228. The lowest BCUT2D eigenvalue weighted by molar-refractivity contribution is -0.136. The third-order valence-electron chi connectivity index (χ3n) is 8.41. The molecule has 3 N–H and O–H groups in total. The molecule has 5 aromatic rings. The van der Waals surface area contributed by atoms with Gasteiger partial charge in [0.05, 0.1) is 24.9 Å². The Bertz CT molecular complexity index is 1940. The molecule has 1 aliphatic rings. The van der Waals surface area contributed by atoms with Crippen LogP contribution in [-0.2, 0) is 24.4 Å². The molecule has 0 atom stereocenters. The average molecular weight is 623 g/mol. The van der Waals surface area contributed by atoms with Crippen molar-refractivity contribution in [2.24, 2.45) is 5.73 Å². The van der Waals surface area contributed by atoms with E-state index >= 15 is 0 Å². The maximum atomic E-state index is 13.4. The minimum absolute atomic E-state index is 0.101. The van der Waals surface area contributed by atoms with E-state index in [-0.39, 0.29) is 17.4 Å². The molecule has 2 aromatic heterocycles. The molecule has 1 saturated heterocycles. The number of anilines is 1. The number of nitrogens with one attached hydrogen (secondary N) is 1. The van der Waals surface area contributed by atoms with Crippen molar-refractivity contribution in [1.29, 1.82) is 0 Å². The lowest BCUT2D eigenvalue weighted by Gasteiger charge is -2.34. The van der Waals surface area contributed by atoms with Gasteiger partial charge in [-0.25, -0.2) is 4.98 Å². The summed E-state index contributed by atoms with van der Waals surface area (Å²) in [7, 11) is 1.51. The molecule has 0 bridgehead atoms. The third-order valence-corrected chi connectivity index (χ3v) is 8.41. The van der Waals surface area contributed by atoms with Gasteiger partial charge in [0.2, 0.25) is 17.8 Å². The number of methoxy groups -OCH3 is 1. The zero-order chi connectivity index (χ0) is 32.4. The SMILES string of the molecule is CCn1nc(C)cc1C(=O)Nc1nc2cc(C(N)=O)cc(OC)c2n1CCCN1CCN(Cc2ccc3ccccc3c2)C(=O)C1. The number of ether oxygens (including phenoxy) is 1. The van der Waals surface area contributed by atoms with Crippen LogP contribution < -0.4 is 15.8 Å². The molecular formula is C34H38N8O4.